The maximum absolute atomic E-state index is 12.9. The van der Waals surface area contributed by atoms with Crippen molar-refractivity contribution >= 4 is 34.5 Å². The van der Waals surface area contributed by atoms with Gasteiger partial charge in [0.1, 0.15) is 16.9 Å². The van der Waals surface area contributed by atoms with Gasteiger partial charge in [0.15, 0.2) is 0 Å². The molecule has 0 N–H and O–H groups in total. The zero-order valence-corrected chi connectivity index (χ0v) is 18.9. The third kappa shape index (κ3) is 3.95. The van der Waals surface area contributed by atoms with Gasteiger partial charge in [-0.05, 0) is 43.2 Å². The Morgan fingerprint density at radius 2 is 1.82 bits per heavy atom. The first kappa shape index (κ1) is 20.2. The van der Waals surface area contributed by atoms with Gasteiger partial charge in [-0.15, -0.1) is 0 Å². The Morgan fingerprint density at radius 1 is 1.00 bits per heavy atom. The first-order valence-corrected chi connectivity index (χ1v) is 12.0. The van der Waals surface area contributed by atoms with Crippen LogP contribution in [0.2, 0.25) is 0 Å². The van der Waals surface area contributed by atoms with E-state index in [4.69, 9.17) is 4.52 Å². The summed E-state index contributed by atoms with van der Waals surface area (Å²) in [6.45, 7) is 2.75. The topological polar surface area (TPSA) is 101 Å². The molecule has 10 heteroatoms. The first-order valence-electron chi connectivity index (χ1n) is 11.3. The van der Waals surface area contributed by atoms with E-state index >= 15 is 0 Å². The number of rotatable bonds is 4. The number of piperazine rings is 1. The number of carbonyl (C=O) groups is 1. The molecule has 2 aliphatic rings. The minimum Gasteiger partial charge on any atom is -0.353 e. The van der Waals surface area contributed by atoms with Crippen molar-refractivity contribution in [3.8, 4) is 11.4 Å². The van der Waals surface area contributed by atoms with Crippen LogP contribution in [0.25, 0.3) is 22.4 Å². The van der Waals surface area contributed by atoms with Crippen LogP contribution in [-0.2, 0) is 0 Å². The van der Waals surface area contributed by atoms with Gasteiger partial charge in [-0.1, -0.05) is 18.0 Å². The number of benzene rings is 1. The highest BCUT2D eigenvalue weighted by Gasteiger charge is 2.25. The van der Waals surface area contributed by atoms with Gasteiger partial charge < -0.3 is 14.3 Å². The van der Waals surface area contributed by atoms with Crippen LogP contribution in [0.1, 0.15) is 47.8 Å². The average Bonchev–Trinajstić information content (AvgIpc) is 3.64. The maximum atomic E-state index is 12.9. The number of nitrogens with zero attached hydrogens (tertiary/aromatic N) is 7. The lowest BCUT2D eigenvalue weighted by molar-refractivity contribution is 0.0746. The van der Waals surface area contributed by atoms with E-state index in [1.165, 1.54) is 12.8 Å². The Bertz CT molecular complexity index is 1270. The summed E-state index contributed by atoms with van der Waals surface area (Å²) in [4.78, 5) is 26.2. The molecule has 0 spiro atoms. The number of aromatic nitrogens is 5. The number of anilines is 1. The van der Waals surface area contributed by atoms with Gasteiger partial charge in [-0.2, -0.15) is 13.7 Å². The molecule has 168 valence electrons. The first-order chi connectivity index (χ1) is 16.2. The van der Waals surface area contributed by atoms with Gasteiger partial charge in [0.2, 0.25) is 11.7 Å². The fourth-order valence-electron chi connectivity index (χ4n) is 4.63. The van der Waals surface area contributed by atoms with Gasteiger partial charge in [0.25, 0.3) is 5.91 Å². The lowest BCUT2D eigenvalue weighted by Crippen LogP contribution is -2.49. The summed E-state index contributed by atoms with van der Waals surface area (Å²) in [6, 6.07) is 9.48. The molecule has 1 aromatic carbocycles. The molecule has 9 nitrogen and oxygen atoms in total. The molecular formula is C23H23N7O2S. The zero-order valence-electron chi connectivity index (χ0n) is 18.1. The molecule has 4 aromatic rings. The SMILES string of the molecule is O=C(c1ccc2nsnc2c1)N1CCN(c2ccc(-c3noc(C4CCCC4)n3)cn2)CC1. The highest BCUT2D eigenvalue weighted by molar-refractivity contribution is 7.00. The summed E-state index contributed by atoms with van der Waals surface area (Å²) in [5, 5.41) is 4.16. The van der Waals surface area contributed by atoms with Crippen LogP contribution < -0.4 is 4.90 Å². The third-order valence-corrected chi connectivity index (χ3v) is 7.10. The van der Waals surface area contributed by atoms with Gasteiger partial charge in [0.05, 0.1) is 11.7 Å². The number of pyridine rings is 1. The predicted octanol–water partition coefficient (Wildman–Crippen LogP) is 3.76. The largest absolute Gasteiger partial charge is 0.353 e. The van der Waals surface area contributed by atoms with E-state index in [0.717, 1.165) is 66.0 Å². The number of hydrogen-bond acceptors (Lipinski definition) is 9. The Morgan fingerprint density at radius 3 is 2.61 bits per heavy atom. The van der Waals surface area contributed by atoms with Crippen molar-refractivity contribution in [2.24, 2.45) is 0 Å². The van der Waals surface area contributed by atoms with Crippen molar-refractivity contribution in [1.82, 2.24) is 28.8 Å². The number of hydrogen-bond donors (Lipinski definition) is 0. The third-order valence-electron chi connectivity index (χ3n) is 6.54. The number of fused-ring (bicyclic) bond motifs is 1. The molecule has 1 aliphatic heterocycles. The van der Waals surface area contributed by atoms with Crippen LogP contribution in [0.4, 0.5) is 5.82 Å². The van der Waals surface area contributed by atoms with Crippen molar-refractivity contribution in [3.63, 3.8) is 0 Å². The van der Waals surface area contributed by atoms with E-state index in [-0.39, 0.29) is 5.91 Å². The van der Waals surface area contributed by atoms with Gasteiger partial charge in [0, 0.05) is 49.4 Å². The van der Waals surface area contributed by atoms with Gasteiger partial charge in [-0.3, -0.25) is 4.79 Å². The fraction of sp³-hybridized carbons (Fsp3) is 0.391. The molecule has 0 atom stereocenters. The molecule has 1 amide bonds. The molecule has 1 saturated carbocycles. The van der Waals surface area contributed by atoms with Crippen LogP contribution in [0.3, 0.4) is 0 Å². The van der Waals surface area contributed by atoms with Crippen LogP contribution in [0.15, 0.2) is 41.1 Å². The molecule has 4 heterocycles. The number of carbonyl (C=O) groups excluding carboxylic acids is 1. The molecule has 1 saturated heterocycles. The second kappa shape index (κ2) is 8.51. The molecule has 0 radical (unpaired) electrons. The standard InChI is InChI=1S/C23H23N7O2S/c31-23(16-5-7-18-19(13-16)28-33-27-18)30-11-9-29(10-12-30)20-8-6-17(14-24-20)21-25-22(32-26-21)15-3-1-2-4-15/h5-8,13-15H,1-4,9-12H2. The predicted molar refractivity (Wildman–Crippen MR) is 124 cm³/mol. The number of amides is 1. The summed E-state index contributed by atoms with van der Waals surface area (Å²) in [6.07, 6.45) is 6.52. The minimum absolute atomic E-state index is 0.0306. The van der Waals surface area contributed by atoms with Crippen LogP contribution in [-0.4, -0.2) is 60.9 Å². The van der Waals surface area contributed by atoms with Crippen LogP contribution in [0.5, 0.6) is 0 Å². The van der Waals surface area contributed by atoms with E-state index < -0.39 is 0 Å². The normalized spacial score (nSPS) is 17.2. The molecule has 3 aromatic heterocycles. The van der Waals surface area contributed by atoms with Gasteiger partial charge in [-0.25, -0.2) is 4.98 Å². The summed E-state index contributed by atoms with van der Waals surface area (Å²) in [5.74, 6) is 2.66. The highest BCUT2D eigenvalue weighted by Crippen LogP contribution is 2.34. The Balaban J connectivity index is 1.09. The molecule has 33 heavy (non-hydrogen) atoms. The lowest BCUT2D eigenvalue weighted by Gasteiger charge is -2.35. The van der Waals surface area contributed by atoms with E-state index in [1.807, 2.05) is 35.2 Å². The fourth-order valence-corrected chi connectivity index (χ4v) is 5.15. The molecule has 2 fully saturated rings. The summed E-state index contributed by atoms with van der Waals surface area (Å²) >= 11 is 1.16. The second-order valence-electron chi connectivity index (χ2n) is 8.59. The molecule has 1 aliphatic carbocycles. The van der Waals surface area contributed by atoms with E-state index in [1.54, 1.807) is 6.20 Å². The Labute approximate surface area is 194 Å². The van der Waals surface area contributed by atoms with Crippen molar-refractivity contribution in [2.75, 3.05) is 31.1 Å². The van der Waals surface area contributed by atoms with E-state index in [9.17, 15) is 4.79 Å². The monoisotopic (exact) mass is 461 g/mol. The second-order valence-corrected chi connectivity index (χ2v) is 9.12. The molecule has 0 bridgehead atoms. The summed E-state index contributed by atoms with van der Waals surface area (Å²) in [7, 11) is 0. The summed E-state index contributed by atoms with van der Waals surface area (Å²) in [5.41, 5.74) is 3.10. The molecular weight excluding hydrogens is 438 g/mol. The lowest BCUT2D eigenvalue weighted by atomic mass is 10.1. The molecule has 6 rings (SSSR count). The smallest absolute Gasteiger partial charge is 0.254 e. The van der Waals surface area contributed by atoms with Crippen molar-refractivity contribution < 1.29 is 9.32 Å². The van der Waals surface area contributed by atoms with E-state index in [2.05, 4.69) is 28.8 Å². The van der Waals surface area contributed by atoms with Crippen molar-refractivity contribution in [1.29, 1.82) is 0 Å². The van der Waals surface area contributed by atoms with Crippen molar-refractivity contribution in [2.45, 2.75) is 31.6 Å². The Hall–Kier alpha value is -3.40. The minimum atomic E-state index is 0.0306. The quantitative estimate of drug-likeness (QED) is 0.453. The zero-order chi connectivity index (χ0) is 22.2. The van der Waals surface area contributed by atoms with Crippen LogP contribution in [0, 0.1) is 0 Å². The van der Waals surface area contributed by atoms with E-state index in [0.29, 0.717) is 30.4 Å². The summed E-state index contributed by atoms with van der Waals surface area (Å²) < 4.78 is 13.9. The molecule has 0 unspecified atom stereocenters. The Kier molecular flexibility index (Phi) is 5.21. The maximum Gasteiger partial charge on any atom is 0.254 e. The van der Waals surface area contributed by atoms with Crippen molar-refractivity contribution in [3.05, 3.63) is 48.0 Å². The van der Waals surface area contributed by atoms with Crippen LogP contribution >= 0.6 is 11.7 Å². The highest BCUT2D eigenvalue weighted by atomic mass is 32.1. The average molecular weight is 462 g/mol. The van der Waals surface area contributed by atoms with Gasteiger partial charge >= 0.3 is 0 Å².